The molecule has 186 valence electrons. The smallest absolute Gasteiger partial charge is 0.325 e. The number of nitrogens with one attached hydrogen (secondary N) is 1. The number of ether oxygens (including phenoxy) is 2. The summed E-state index contributed by atoms with van der Waals surface area (Å²) in [5, 5.41) is 7.17. The van der Waals surface area contributed by atoms with Gasteiger partial charge in [0.15, 0.2) is 11.6 Å². The topological polar surface area (TPSA) is 91.2 Å². The molecule has 4 heterocycles. The third kappa shape index (κ3) is 4.92. The Morgan fingerprint density at radius 1 is 1.22 bits per heavy atom. The predicted molar refractivity (Wildman–Crippen MR) is 131 cm³/mol. The summed E-state index contributed by atoms with van der Waals surface area (Å²) in [6, 6.07) is 8.84. The van der Waals surface area contributed by atoms with Crippen LogP contribution in [0.2, 0.25) is 0 Å². The monoisotopic (exact) mass is 511 g/mol. The molecular weight excluding hydrogens is 488 g/mol. The minimum Gasteiger partial charge on any atom is -0.491 e. The number of rotatable bonds is 5. The maximum Gasteiger partial charge on any atom is 0.325 e. The molecular formula is C25H23F2N5O3S. The van der Waals surface area contributed by atoms with Crippen molar-refractivity contribution >= 4 is 23.1 Å². The third-order valence-electron chi connectivity index (χ3n) is 5.25. The fourth-order valence-corrected chi connectivity index (χ4v) is 4.99. The van der Waals surface area contributed by atoms with Crippen LogP contribution in [-0.4, -0.2) is 44.5 Å². The predicted octanol–water partition coefficient (Wildman–Crippen LogP) is 5.02. The van der Waals surface area contributed by atoms with Gasteiger partial charge in [0.05, 0.1) is 16.4 Å². The molecule has 0 atom stereocenters. The van der Waals surface area contributed by atoms with Gasteiger partial charge in [0.25, 0.3) is 0 Å². The standard InChI is InChI=1S/C25H23F2N5O3S/c1-25(2,3)35-21(33)12-28-20-7-6-18-22(31-20)23-14(8-9-34-18)10-19(36-23)24-29-13-30-32(24)17-5-4-15(26)11-16(17)27/h4-7,10-11,13H,8-9,12H2,1-3H3,(H,28,31). The average molecular weight is 512 g/mol. The van der Waals surface area contributed by atoms with Crippen LogP contribution in [0.15, 0.2) is 42.7 Å². The number of hydrogen-bond acceptors (Lipinski definition) is 8. The highest BCUT2D eigenvalue weighted by Crippen LogP contribution is 2.43. The van der Waals surface area contributed by atoms with Gasteiger partial charge in [-0.3, -0.25) is 4.79 Å². The molecule has 0 saturated heterocycles. The lowest BCUT2D eigenvalue weighted by Crippen LogP contribution is -2.28. The van der Waals surface area contributed by atoms with Gasteiger partial charge in [-0.15, -0.1) is 11.3 Å². The lowest BCUT2D eigenvalue weighted by molar-refractivity contribution is -0.152. The van der Waals surface area contributed by atoms with Gasteiger partial charge in [0, 0.05) is 12.5 Å². The van der Waals surface area contributed by atoms with E-state index in [4.69, 9.17) is 14.5 Å². The number of carbonyl (C=O) groups excluding carboxylic acids is 1. The van der Waals surface area contributed by atoms with E-state index < -0.39 is 17.2 Å². The molecule has 4 aromatic rings. The fraction of sp³-hybridized carbons (Fsp3) is 0.280. The first-order valence-corrected chi connectivity index (χ1v) is 12.1. The number of thiophene rings is 1. The van der Waals surface area contributed by atoms with E-state index in [9.17, 15) is 13.6 Å². The van der Waals surface area contributed by atoms with Crippen LogP contribution in [0.5, 0.6) is 5.75 Å². The molecule has 1 aromatic carbocycles. The molecule has 3 aromatic heterocycles. The summed E-state index contributed by atoms with van der Waals surface area (Å²) >= 11 is 1.43. The Morgan fingerprint density at radius 2 is 2.06 bits per heavy atom. The van der Waals surface area contributed by atoms with E-state index in [1.807, 2.05) is 32.9 Å². The van der Waals surface area contributed by atoms with Gasteiger partial charge in [0.2, 0.25) is 0 Å². The molecule has 0 amide bonds. The van der Waals surface area contributed by atoms with E-state index in [2.05, 4.69) is 15.4 Å². The molecule has 36 heavy (non-hydrogen) atoms. The van der Waals surface area contributed by atoms with Crippen molar-refractivity contribution in [2.45, 2.75) is 32.8 Å². The van der Waals surface area contributed by atoms with Crippen LogP contribution in [0.3, 0.4) is 0 Å². The first-order chi connectivity index (χ1) is 17.2. The number of nitrogens with zero attached hydrogens (tertiary/aromatic N) is 4. The SMILES string of the molecule is CC(C)(C)OC(=O)CNc1ccc2c(n1)-c1sc(-c3ncnn3-c3ccc(F)cc3F)cc1CCO2. The molecule has 1 N–H and O–H groups in total. The van der Waals surface area contributed by atoms with Crippen LogP contribution >= 0.6 is 11.3 Å². The zero-order valence-electron chi connectivity index (χ0n) is 19.8. The van der Waals surface area contributed by atoms with Crippen LogP contribution in [0.25, 0.3) is 27.0 Å². The molecule has 0 unspecified atom stereocenters. The van der Waals surface area contributed by atoms with Crippen LogP contribution in [0, 0.1) is 11.6 Å². The van der Waals surface area contributed by atoms with Crippen molar-refractivity contribution in [1.82, 2.24) is 19.7 Å². The summed E-state index contributed by atoms with van der Waals surface area (Å²) in [4.78, 5) is 22.8. The van der Waals surface area contributed by atoms with Gasteiger partial charge in [-0.2, -0.15) is 5.10 Å². The van der Waals surface area contributed by atoms with Crippen LogP contribution in [-0.2, 0) is 16.0 Å². The second kappa shape index (κ2) is 9.30. The number of aromatic nitrogens is 4. The number of halogens is 2. The highest BCUT2D eigenvalue weighted by molar-refractivity contribution is 7.19. The zero-order valence-corrected chi connectivity index (χ0v) is 20.7. The van der Waals surface area contributed by atoms with E-state index in [0.29, 0.717) is 36.1 Å². The molecule has 8 nitrogen and oxygen atoms in total. The average Bonchev–Trinajstić information content (AvgIpc) is 3.41. The summed E-state index contributed by atoms with van der Waals surface area (Å²) in [6.07, 6.45) is 1.97. The summed E-state index contributed by atoms with van der Waals surface area (Å²) in [7, 11) is 0. The number of carbonyl (C=O) groups is 1. The summed E-state index contributed by atoms with van der Waals surface area (Å²) in [5.41, 5.74) is 1.16. The van der Waals surface area contributed by atoms with E-state index in [1.54, 1.807) is 6.07 Å². The summed E-state index contributed by atoms with van der Waals surface area (Å²) < 4.78 is 40.5. The molecule has 0 saturated carbocycles. The Morgan fingerprint density at radius 3 is 2.83 bits per heavy atom. The molecule has 11 heteroatoms. The van der Waals surface area contributed by atoms with Crippen molar-refractivity contribution in [3.8, 4) is 32.7 Å². The fourth-order valence-electron chi connectivity index (χ4n) is 3.80. The Kier molecular flexibility index (Phi) is 6.17. The normalized spacial score (nSPS) is 12.8. The molecule has 5 rings (SSSR count). The number of hydrogen-bond donors (Lipinski definition) is 1. The Bertz CT molecular complexity index is 1440. The van der Waals surface area contributed by atoms with Crippen molar-refractivity contribution in [2.75, 3.05) is 18.5 Å². The summed E-state index contributed by atoms with van der Waals surface area (Å²) in [6.45, 7) is 5.86. The minimum atomic E-state index is -0.735. The molecule has 0 spiro atoms. The molecule has 0 bridgehead atoms. The van der Waals surface area contributed by atoms with Crippen molar-refractivity contribution < 1.29 is 23.0 Å². The molecule has 1 aliphatic heterocycles. The van der Waals surface area contributed by atoms with E-state index in [-0.39, 0.29) is 18.2 Å². The summed E-state index contributed by atoms with van der Waals surface area (Å²) in [5.74, 6) is -0.235. The van der Waals surface area contributed by atoms with E-state index in [0.717, 1.165) is 21.4 Å². The number of anilines is 1. The quantitative estimate of drug-likeness (QED) is 0.376. The number of esters is 1. The van der Waals surface area contributed by atoms with Gasteiger partial charge >= 0.3 is 5.97 Å². The lowest BCUT2D eigenvalue weighted by Gasteiger charge is -2.19. The largest absolute Gasteiger partial charge is 0.491 e. The second-order valence-electron chi connectivity index (χ2n) is 9.14. The minimum absolute atomic E-state index is 0.0290. The number of pyridine rings is 1. The van der Waals surface area contributed by atoms with Crippen LogP contribution < -0.4 is 10.1 Å². The maximum atomic E-state index is 14.5. The molecule has 1 aliphatic rings. The number of benzene rings is 1. The first kappa shape index (κ1) is 23.9. The third-order valence-corrected chi connectivity index (χ3v) is 6.43. The molecule has 0 aliphatic carbocycles. The van der Waals surface area contributed by atoms with Crippen molar-refractivity contribution in [3.05, 3.63) is 59.9 Å². The number of fused-ring (bicyclic) bond motifs is 3. The molecule has 0 radical (unpaired) electrons. The lowest BCUT2D eigenvalue weighted by atomic mass is 10.1. The van der Waals surface area contributed by atoms with Gasteiger partial charge in [-0.25, -0.2) is 23.4 Å². The highest BCUT2D eigenvalue weighted by atomic mass is 32.1. The van der Waals surface area contributed by atoms with Crippen LogP contribution in [0.1, 0.15) is 26.3 Å². The Balaban J connectivity index is 1.47. The molecule has 0 fully saturated rings. The van der Waals surface area contributed by atoms with E-state index >= 15 is 0 Å². The van der Waals surface area contributed by atoms with Crippen molar-refractivity contribution in [1.29, 1.82) is 0 Å². The Labute approximate surface area is 209 Å². The van der Waals surface area contributed by atoms with E-state index in [1.165, 1.54) is 34.5 Å². The van der Waals surface area contributed by atoms with Crippen molar-refractivity contribution in [3.63, 3.8) is 0 Å². The first-order valence-electron chi connectivity index (χ1n) is 11.3. The van der Waals surface area contributed by atoms with Gasteiger partial charge in [0.1, 0.15) is 47.2 Å². The van der Waals surface area contributed by atoms with Gasteiger partial charge in [-0.1, -0.05) is 0 Å². The van der Waals surface area contributed by atoms with Gasteiger partial charge < -0.3 is 14.8 Å². The van der Waals surface area contributed by atoms with Crippen molar-refractivity contribution in [2.24, 2.45) is 0 Å². The Hall–Kier alpha value is -3.86. The zero-order chi connectivity index (χ0) is 25.4. The van der Waals surface area contributed by atoms with Crippen LogP contribution in [0.4, 0.5) is 14.6 Å². The highest BCUT2D eigenvalue weighted by Gasteiger charge is 2.24. The maximum absolute atomic E-state index is 14.5. The second-order valence-corrected chi connectivity index (χ2v) is 10.2. The van der Waals surface area contributed by atoms with Gasteiger partial charge in [-0.05, 0) is 56.7 Å².